The summed E-state index contributed by atoms with van der Waals surface area (Å²) < 4.78 is 5.59. The van der Waals surface area contributed by atoms with Gasteiger partial charge < -0.3 is 9.84 Å². The van der Waals surface area contributed by atoms with Crippen LogP contribution in [0.2, 0.25) is 0 Å². The molecule has 0 spiro atoms. The number of carbonyl (C=O) groups is 1. The number of carboxylic acids is 1. The van der Waals surface area contributed by atoms with Gasteiger partial charge in [-0.25, -0.2) is 9.78 Å². The van der Waals surface area contributed by atoms with E-state index in [-0.39, 0.29) is 11.4 Å². The van der Waals surface area contributed by atoms with Crippen LogP contribution < -0.4 is 4.74 Å². The van der Waals surface area contributed by atoms with Gasteiger partial charge >= 0.3 is 5.97 Å². The second kappa shape index (κ2) is 6.19. The Labute approximate surface area is 118 Å². The van der Waals surface area contributed by atoms with E-state index < -0.39 is 5.97 Å². The molecule has 0 fully saturated rings. The van der Waals surface area contributed by atoms with E-state index in [4.69, 9.17) is 4.74 Å². The topological polar surface area (TPSA) is 59.4 Å². The molecule has 0 unspecified atom stereocenters. The highest BCUT2D eigenvalue weighted by Crippen LogP contribution is 2.25. The van der Waals surface area contributed by atoms with Crippen molar-refractivity contribution in [3.63, 3.8) is 0 Å². The summed E-state index contributed by atoms with van der Waals surface area (Å²) in [5.41, 5.74) is 1.96. The number of aromatic nitrogens is 1. The summed E-state index contributed by atoms with van der Waals surface area (Å²) in [6.07, 6.45) is 3.65. The van der Waals surface area contributed by atoms with Crippen molar-refractivity contribution in [1.29, 1.82) is 0 Å². The maximum atomic E-state index is 11.3. The minimum atomic E-state index is -1.03. The second-order valence-electron chi connectivity index (χ2n) is 4.61. The Kier molecular flexibility index (Phi) is 4.35. The molecular formula is C16H17NO3. The molecule has 1 aromatic heterocycles. The first-order valence-corrected chi connectivity index (χ1v) is 6.57. The molecule has 0 saturated heterocycles. The van der Waals surface area contributed by atoms with Gasteiger partial charge in [0.2, 0.25) is 5.88 Å². The maximum absolute atomic E-state index is 11.3. The van der Waals surface area contributed by atoms with Crippen LogP contribution in [0.1, 0.15) is 34.8 Å². The highest BCUT2D eigenvalue weighted by atomic mass is 16.5. The lowest BCUT2D eigenvalue weighted by atomic mass is 10.1. The zero-order valence-electron chi connectivity index (χ0n) is 11.6. The Balaban J connectivity index is 2.26. The second-order valence-corrected chi connectivity index (χ2v) is 4.61. The number of aromatic carboxylic acids is 1. The summed E-state index contributed by atoms with van der Waals surface area (Å²) in [6.45, 7) is 3.85. The largest absolute Gasteiger partial charge is 0.477 e. The van der Waals surface area contributed by atoms with Crippen LogP contribution in [0.3, 0.4) is 0 Å². The number of benzene rings is 1. The molecular weight excluding hydrogens is 254 g/mol. The van der Waals surface area contributed by atoms with Crippen LogP contribution in [-0.2, 0) is 6.42 Å². The standard InChI is InChI=1S/C16H17NO3/c1-3-4-12-5-7-13(8-6-12)20-15-14(16(18)19)11(2)9-10-17-15/h5-10H,3-4H2,1-2H3,(H,18,19). The summed E-state index contributed by atoms with van der Waals surface area (Å²) in [4.78, 5) is 15.3. The van der Waals surface area contributed by atoms with Crippen molar-refractivity contribution < 1.29 is 14.6 Å². The number of ether oxygens (including phenoxy) is 1. The fourth-order valence-electron chi connectivity index (χ4n) is 2.00. The monoisotopic (exact) mass is 271 g/mol. The van der Waals surface area contributed by atoms with Gasteiger partial charge in [-0.15, -0.1) is 0 Å². The highest BCUT2D eigenvalue weighted by molar-refractivity contribution is 5.91. The van der Waals surface area contributed by atoms with Gasteiger partial charge in [-0.3, -0.25) is 0 Å². The van der Waals surface area contributed by atoms with Gasteiger partial charge in [0.1, 0.15) is 11.3 Å². The molecule has 1 heterocycles. The van der Waals surface area contributed by atoms with E-state index >= 15 is 0 Å². The molecule has 2 aromatic rings. The number of nitrogens with zero attached hydrogens (tertiary/aromatic N) is 1. The lowest BCUT2D eigenvalue weighted by Gasteiger charge is -2.09. The predicted molar refractivity (Wildman–Crippen MR) is 76.4 cm³/mol. The van der Waals surface area contributed by atoms with E-state index in [2.05, 4.69) is 11.9 Å². The molecule has 0 bridgehead atoms. The molecule has 4 heteroatoms. The molecule has 0 saturated carbocycles. The third kappa shape index (κ3) is 3.15. The summed E-state index contributed by atoms with van der Waals surface area (Å²) >= 11 is 0. The van der Waals surface area contributed by atoms with Crippen LogP contribution >= 0.6 is 0 Å². The van der Waals surface area contributed by atoms with Crippen molar-refractivity contribution in [3.05, 3.63) is 53.2 Å². The van der Waals surface area contributed by atoms with E-state index in [1.54, 1.807) is 19.2 Å². The van der Waals surface area contributed by atoms with Crippen LogP contribution in [0, 0.1) is 6.92 Å². The van der Waals surface area contributed by atoms with Crippen molar-refractivity contribution >= 4 is 5.97 Å². The third-order valence-corrected chi connectivity index (χ3v) is 3.01. The maximum Gasteiger partial charge on any atom is 0.341 e. The van der Waals surface area contributed by atoms with Crippen LogP contribution in [0.5, 0.6) is 11.6 Å². The molecule has 4 nitrogen and oxygen atoms in total. The number of aryl methyl sites for hydroxylation is 2. The van der Waals surface area contributed by atoms with Crippen molar-refractivity contribution in [3.8, 4) is 11.6 Å². The lowest BCUT2D eigenvalue weighted by Crippen LogP contribution is -2.04. The zero-order valence-corrected chi connectivity index (χ0v) is 11.6. The van der Waals surface area contributed by atoms with Gasteiger partial charge in [0.05, 0.1) is 0 Å². The fourth-order valence-corrected chi connectivity index (χ4v) is 2.00. The average Bonchev–Trinajstić information content (AvgIpc) is 2.41. The Morgan fingerprint density at radius 1 is 1.25 bits per heavy atom. The number of hydrogen-bond acceptors (Lipinski definition) is 3. The molecule has 0 aliphatic rings. The van der Waals surface area contributed by atoms with Gasteiger partial charge in [-0.2, -0.15) is 0 Å². The zero-order chi connectivity index (χ0) is 14.5. The minimum absolute atomic E-state index is 0.102. The molecule has 104 valence electrons. The SMILES string of the molecule is CCCc1ccc(Oc2nccc(C)c2C(=O)O)cc1. The normalized spacial score (nSPS) is 10.3. The van der Waals surface area contributed by atoms with Crippen molar-refractivity contribution in [1.82, 2.24) is 4.98 Å². The first kappa shape index (κ1) is 14.1. The van der Waals surface area contributed by atoms with Crippen LogP contribution in [-0.4, -0.2) is 16.1 Å². The first-order valence-electron chi connectivity index (χ1n) is 6.57. The Morgan fingerprint density at radius 3 is 2.55 bits per heavy atom. The Morgan fingerprint density at radius 2 is 1.95 bits per heavy atom. The summed E-state index contributed by atoms with van der Waals surface area (Å²) in [6, 6.07) is 9.28. The third-order valence-electron chi connectivity index (χ3n) is 3.01. The van der Waals surface area contributed by atoms with Gasteiger partial charge in [0, 0.05) is 6.20 Å². The molecule has 0 atom stereocenters. The summed E-state index contributed by atoms with van der Waals surface area (Å²) in [5, 5.41) is 9.22. The van der Waals surface area contributed by atoms with Gasteiger partial charge in [-0.1, -0.05) is 25.5 Å². The number of pyridine rings is 1. The molecule has 1 aromatic carbocycles. The average molecular weight is 271 g/mol. The lowest BCUT2D eigenvalue weighted by molar-refractivity contribution is 0.0692. The molecule has 0 aliphatic heterocycles. The van der Waals surface area contributed by atoms with E-state index in [0.29, 0.717) is 11.3 Å². The molecule has 0 aliphatic carbocycles. The van der Waals surface area contributed by atoms with E-state index in [9.17, 15) is 9.90 Å². The summed E-state index contributed by atoms with van der Waals surface area (Å²) in [5.74, 6) is -0.320. The number of carboxylic acid groups (broad SMARTS) is 1. The first-order chi connectivity index (χ1) is 9.61. The van der Waals surface area contributed by atoms with Crippen LogP contribution in [0.25, 0.3) is 0 Å². The molecule has 0 radical (unpaired) electrons. The number of hydrogen-bond donors (Lipinski definition) is 1. The quantitative estimate of drug-likeness (QED) is 0.897. The van der Waals surface area contributed by atoms with E-state index in [1.165, 1.54) is 5.56 Å². The molecule has 0 amide bonds. The Hall–Kier alpha value is -2.36. The highest BCUT2D eigenvalue weighted by Gasteiger charge is 2.16. The van der Waals surface area contributed by atoms with E-state index in [0.717, 1.165) is 12.8 Å². The molecule has 1 N–H and O–H groups in total. The predicted octanol–water partition coefficient (Wildman–Crippen LogP) is 3.83. The van der Waals surface area contributed by atoms with Gasteiger partial charge in [0.25, 0.3) is 0 Å². The minimum Gasteiger partial charge on any atom is -0.477 e. The van der Waals surface area contributed by atoms with Crippen LogP contribution in [0.15, 0.2) is 36.5 Å². The van der Waals surface area contributed by atoms with Crippen molar-refractivity contribution in [2.24, 2.45) is 0 Å². The molecule has 2 rings (SSSR count). The van der Waals surface area contributed by atoms with E-state index in [1.807, 2.05) is 24.3 Å². The number of rotatable bonds is 5. The molecule has 20 heavy (non-hydrogen) atoms. The van der Waals surface area contributed by atoms with Gasteiger partial charge in [-0.05, 0) is 42.7 Å². The smallest absolute Gasteiger partial charge is 0.341 e. The van der Waals surface area contributed by atoms with Crippen LogP contribution in [0.4, 0.5) is 0 Å². The fraction of sp³-hybridized carbons (Fsp3) is 0.250. The van der Waals surface area contributed by atoms with Crippen molar-refractivity contribution in [2.75, 3.05) is 0 Å². The Bertz CT molecular complexity index is 606. The van der Waals surface area contributed by atoms with Gasteiger partial charge in [0.15, 0.2) is 0 Å². The van der Waals surface area contributed by atoms with Crippen molar-refractivity contribution in [2.45, 2.75) is 26.7 Å². The summed E-state index contributed by atoms with van der Waals surface area (Å²) in [7, 11) is 0.